The van der Waals surface area contributed by atoms with E-state index in [1.54, 1.807) is 6.92 Å². The van der Waals surface area contributed by atoms with Crippen molar-refractivity contribution in [3.05, 3.63) is 17.8 Å². The molecule has 140 valence electrons. The molecule has 2 aliphatic heterocycles. The van der Waals surface area contributed by atoms with Gasteiger partial charge in [-0.05, 0) is 44.4 Å². The smallest absolute Gasteiger partial charge is 0.326 e. The van der Waals surface area contributed by atoms with Crippen molar-refractivity contribution in [2.45, 2.75) is 45.1 Å². The number of aromatic nitrogens is 1. The number of hydrogen-bond donors (Lipinski definition) is 1. The summed E-state index contributed by atoms with van der Waals surface area (Å²) in [6, 6.07) is -0.863. The summed E-state index contributed by atoms with van der Waals surface area (Å²) in [5.41, 5.74) is 0.220. The molecule has 1 aliphatic carbocycles. The van der Waals surface area contributed by atoms with Crippen molar-refractivity contribution in [2.24, 2.45) is 11.3 Å². The number of rotatable bonds is 3. The maximum atomic E-state index is 12.8. The molecule has 1 N–H and O–H groups in total. The number of aliphatic carboxylic acids is 1. The minimum Gasteiger partial charge on any atom is -0.480 e. The second-order valence-electron chi connectivity index (χ2n) is 7.86. The highest BCUT2D eigenvalue weighted by atomic mass is 16.4. The molecule has 0 radical (unpaired) electrons. The summed E-state index contributed by atoms with van der Waals surface area (Å²) >= 11 is 0. The number of oxazole rings is 1. The molecular weight excluding hydrogens is 338 g/mol. The zero-order valence-electron chi connectivity index (χ0n) is 14.8. The van der Waals surface area contributed by atoms with Crippen molar-refractivity contribution >= 4 is 17.8 Å². The van der Waals surface area contributed by atoms with Gasteiger partial charge < -0.3 is 19.3 Å². The van der Waals surface area contributed by atoms with Crippen LogP contribution in [0.25, 0.3) is 0 Å². The van der Waals surface area contributed by atoms with E-state index in [0.717, 1.165) is 25.7 Å². The third-order valence-electron chi connectivity index (χ3n) is 6.06. The molecule has 2 saturated heterocycles. The summed E-state index contributed by atoms with van der Waals surface area (Å²) in [7, 11) is 0. The second kappa shape index (κ2) is 6.10. The lowest BCUT2D eigenvalue weighted by molar-refractivity contribution is -0.141. The number of carboxylic acids is 1. The average molecular weight is 361 g/mol. The average Bonchev–Trinajstić information content (AvgIpc) is 3.28. The molecule has 1 aromatic rings. The largest absolute Gasteiger partial charge is 0.480 e. The van der Waals surface area contributed by atoms with Crippen LogP contribution < -0.4 is 0 Å². The van der Waals surface area contributed by atoms with E-state index in [4.69, 9.17) is 4.42 Å². The molecule has 1 aromatic heterocycles. The van der Waals surface area contributed by atoms with Gasteiger partial charge in [0.05, 0.1) is 5.69 Å². The van der Waals surface area contributed by atoms with E-state index in [0.29, 0.717) is 31.7 Å². The quantitative estimate of drug-likeness (QED) is 0.870. The van der Waals surface area contributed by atoms with Crippen LogP contribution in [0.3, 0.4) is 0 Å². The van der Waals surface area contributed by atoms with Crippen molar-refractivity contribution in [3.8, 4) is 0 Å². The third kappa shape index (κ3) is 2.87. The highest BCUT2D eigenvalue weighted by Crippen LogP contribution is 2.45. The molecule has 0 unspecified atom stereocenters. The van der Waals surface area contributed by atoms with Crippen LogP contribution in [0.5, 0.6) is 0 Å². The predicted molar refractivity (Wildman–Crippen MR) is 89.3 cm³/mol. The molecule has 4 rings (SSSR count). The first-order valence-corrected chi connectivity index (χ1v) is 9.13. The van der Waals surface area contributed by atoms with E-state index in [1.807, 2.05) is 4.90 Å². The van der Waals surface area contributed by atoms with Gasteiger partial charge in [-0.15, -0.1) is 0 Å². The Labute approximate surface area is 151 Å². The monoisotopic (exact) mass is 361 g/mol. The van der Waals surface area contributed by atoms with Gasteiger partial charge >= 0.3 is 5.97 Å². The Kier molecular flexibility index (Phi) is 4.00. The summed E-state index contributed by atoms with van der Waals surface area (Å²) in [6.07, 6.45) is 5.06. The molecule has 1 spiro atoms. The lowest BCUT2D eigenvalue weighted by Crippen LogP contribution is -2.45. The minimum atomic E-state index is -0.996. The van der Waals surface area contributed by atoms with Crippen molar-refractivity contribution < 1.29 is 23.9 Å². The lowest BCUT2D eigenvalue weighted by atomic mass is 9.76. The predicted octanol–water partition coefficient (Wildman–Crippen LogP) is 1.30. The normalized spacial score (nSPS) is 24.9. The standard InChI is InChI=1S/C18H23N3O5/c1-11-14(26-10-19-11)16(23)21-9-18(8-13(21)17(24)25)4-6-20(7-5-18)15(22)12-2-3-12/h10,12-13H,2-9H2,1H3,(H,24,25)/t13-/m0/s1. The van der Waals surface area contributed by atoms with Crippen LogP contribution in [0, 0.1) is 18.3 Å². The highest BCUT2D eigenvalue weighted by Gasteiger charge is 2.51. The topological polar surface area (TPSA) is 104 Å². The number of carboxylic acid groups (broad SMARTS) is 1. The molecule has 3 heterocycles. The van der Waals surface area contributed by atoms with Crippen LogP contribution in [0.2, 0.25) is 0 Å². The van der Waals surface area contributed by atoms with Gasteiger partial charge in [-0.2, -0.15) is 0 Å². The van der Waals surface area contributed by atoms with Crippen LogP contribution in [0.4, 0.5) is 0 Å². The first-order chi connectivity index (χ1) is 12.4. The van der Waals surface area contributed by atoms with Gasteiger partial charge in [0.25, 0.3) is 5.91 Å². The summed E-state index contributed by atoms with van der Waals surface area (Å²) in [6.45, 7) is 3.34. The third-order valence-corrected chi connectivity index (χ3v) is 6.06. The van der Waals surface area contributed by atoms with Crippen LogP contribution in [-0.4, -0.2) is 63.4 Å². The Bertz CT molecular complexity index is 746. The maximum absolute atomic E-state index is 12.8. The molecule has 26 heavy (non-hydrogen) atoms. The van der Waals surface area contributed by atoms with Crippen LogP contribution >= 0.6 is 0 Å². The van der Waals surface area contributed by atoms with E-state index in [9.17, 15) is 19.5 Å². The Morgan fingerprint density at radius 2 is 1.96 bits per heavy atom. The molecule has 3 aliphatic rings. The van der Waals surface area contributed by atoms with Crippen molar-refractivity contribution in [1.82, 2.24) is 14.8 Å². The number of aryl methyl sites for hydroxylation is 1. The second-order valence-corrected chi connectivity index (χ2v) is 7.86. The van der Waals surface area contributed by atoms with E-state index in [-0.39, 0.29) is 23.0 Å². The van der Waals surface area contributed by atoms with Gasteiger partial charge in [-0.1, -0.05) is 0 Å². The first kappa shape index (κ1) is 17.1. The van der Waals surface area contributed by atoms with E-state index >= 15 is 0 Å². The highest BCUT2D eigenvalue weighted by molar-refractivity contribution is 5.95. The van der Waals surface area contributed by atoms with Gasteiger partial charge in [0.15, 0.2) is 6.39 Å². The fourth-order valence-electron chi connectivity index (χ4n) is 4.28. The van der Waals surface area contributed by atoms with E-state index in [1.165, 1.54) is 11.3 Å². The molecule has 8 heteroatoms. The Hall–Kier alpha value is -2.38. The van der Waals surface area contributed by atoms with Gasteiger partial charge in [-0.3, -0.25) is 9.59 Å². The zero-order chi connectivity index (χ0) is 18.5. The zero-order valence-corrected chi connectivity index (χ0v) is 14.8. The fourth-order valence-corrected chi connectivity index (χ4v) is 4.28. The lowest BCUT2D eigenvalue weighted by Gasteiger charge is -2.39. The number of hydrogen-bond acceptors (Lipinski definition) is 5. The van der Waals surface area contributed by atoms with Gasteiger partial charge in [0, 0.05) is 25.6 Å². The SMILES string of the molecule is Cc1ncoc1C(=O)N1CC2(CCN(C(=O)C3CC3)CC2)C[C@H]1C(=O)O. The molecule has 8 nitrogen and oxygen atoms in total. The summed E-state index contributed by atoms with van der Waals surface area (Å²) in [5.74, 6) is -0.871. The fraction of sp³-hybridized carbons (Fsp3) is 0.667. The summed E-state index contributed by atoms with van der Waals surface area (Å²) in [5, 5.41) is 9.63. The van der Waals surface area contributed by atoms with Crippen molar-refractivity contribution in [3.63, 3.8) is 0 Å². The molecule has 1 saturated carbocycles. The van der Waals surface area contributed by atoms with Crippen molar-refractivity contribution in [2.75, 3.05) is 19.6 Å². The number of carbonyl (C=O) groups excluding carboxylic acids is 2. The molecule has 3 fully saturated rings. The number of amides is 2. The summed E-state index contributed by atoms with van der Waals surface area (Å²) < 4.78 is 5.18. The number of likely N-dealkylation sites (tertiary alicyclic amines) is 2. The van der Waals surface area contributed by atoms with E-state index in [2.05, 4.69) is 4.98 Å². The van der Waals surface area contributed by atoms with Gasteiger partial charge in [-0.25, -0.2) is 9.78 Å². The summed E-state index contributed by atoms with van der Waals surface area (Å²) in [4.78, 5) is 44.1. The Morgan fingerprint density at radius 3 is 2.50 bits per heavy atom. The molecule has 0 bridgehead atoms. The van der Waals surface area contributed by atoms with Gasteiger partial charge in [0.1, 0.15) is 6.04 Å². The Morgan fingerprint density at radius 1 is 1.27 bits per heavy atom. The van der Waals surface area contributed by atoms with E-state index < -0.39 is 17.9 Å². The van der Waals surface area contributed by atoms with Gasteiger partial charge in [0.2, 0.25) is 11.7 Å². The number of carbonyl (C=O) groups is 3. The van der Waals surface area contributed by atoms with Crippen LogP contribution in [0.15, 0.2) is 10.8 Å². The van der Waals surface area contributed by atoms with Crippen molar-refractivity contribution in [1.29, 1.82) is 0 Å². The van der Waals surface area contributed by atoms with Crippen LogP contribution in [-0.2, 0) is 9.59 Å². The maximum Gasteiger partial charge on any atom is 0.326 e. The Balaban J connectivity index is 1.49. The van der Waals surface area contributed by atoms with Crippen LogP contribution in [0.1, 0.15) is 48.4 Å². The first-order valence-electron chi connectivity index (χ1n) is 9.13. The molecule has 2 amide bonds. The molecule has 1 atom stereocenters. The number of piperidine rings is 1. The molecular formula is C18H23N3O5. The minimum absolute atomic E-state index is 0.106. The number of nitrogens with zero attached hydrogens (tertiary/aromatic N) is 3. The molecule has 0 aromatic carbocycles.